The van der Waals surface area contributed by atoms with Crippen LogP contribution in [-0.2, 0) is 11.8 Å². The van der Waals surface area contributed by atoms with Crippen LogP contribution in [0.25, 0.3) is 11.1 Å². The molecule has 10 nitrogen and oxygen atoms in total. The van der Waals surface area contributed by atoms with Crippen LogP contribution in [-0.4, -0.2) is 30.0 Å². The number of amides is 2. The number of aliphatic carboxylic acids is 1. The van der Waals surface area contributed by atoms with Crippen LogP contribution in [0.3, 0.4) is 0 Å². The molecule has 0 aliphatic rings. The van der Waals surface area contributed by atoms with Gasteiger partial charge in [-0.05, 0) is 35.4 Å². The fourth-order valence-electron chi connectivity index (χ4n) is 3.46. The number of aromatic nitrogens is 1. The largest absolute Gasteiger partial charge is 1.00 e. The van der Waals surface area contributed by atoms with Crippen LogP contribution in [0.4, 0.5) is 23.7 Å². The van der Waals surface area contributed by atoms with E-state index in [9.17, 15) is 37.8 Å². The van der Waals surface area contributed by atoms with Gasteiger partial charge < -0.3 is 39.7 Å². The number of urea groups is 1. The predicted octanol–water partition coefficient (Wildman–Crippen LogP) is -3.96. The van der Waals surface area contributed by atoms with Gasteiger partial charge >= 0.3 is 71.5 Å². The summed E-state index contributed by atoms with van der Waals surface area (Å²) in [7, 11) is 2.75. The van der Waals surface area contributed by atoms with Gasteiger partial charge in [0.2, 0.25) is 0 Å². The number of rotatable bonds is 8. The van der Waals surface area contributed by atoms with E-state index in [1.165, 1.54) is 50.7 Å². The smallest absolute Gasteiger partial charge is 0.871 e. The Morgan fingerprint density at radius 1 is 1.08 bits per heavy atom. The number of alkyl halides is 3. The molecule has 0 saturated carbocycles. The summed E-state index contributed by atoms with van der Waals surface area (Å²) >= 11 is 0. The molecular weight excluding hydrogens is 545 g/mol. The van der Waals surface area contributed by atoms with Crippen molar-refractivity contribution in [1.29, 1.82) is 0 Å². The third-order valence-electron chi connectivity index (χ3n) is 5.17. The van der Waals surface area contributed by atoms with Gasteiger partial charge in [-0.25, -0.2) is 4.79 Å². The van der Waals surface area contributed by atoms with E-state index in [0.717, 1.165) is 22.8 Å². The summed E-state index contributed by atoms with van der Waals surface area (Å²) in [5.74, 6) is -2.37. The van der Waals surface area contributed by atoms with Gasteiger partial charge in [0.25, 0.3) is 5.56 Å². The van der Waals surface area contributed by atoms with Crippen molar-refractivity contribution in [2.75, 3.05) is 12.4 Å². The molecule has 196 valence electrons. The second-order valence-electron chi connectivity index (χ2n) is 7.73. The molecule has 0 spiro atoms. The molecule has 0 unspecified atom stereocenters. The first-order valence-electron chi connectivity index (χ1n) is 10.6. The van der Waals surface area contributed by atoms with Crippen LogP contribution in [0.1, 0.15) is 18.0 Å². The summed E-state index contributed by atoms with van der Waals surface area (Å²) in [5, 5.41) is 27.9. The van der Waals surface area contributed by atoms with E-state index in [-0.39, 0.29) is 64.7 Å². The predicted molar refractivity (Wildman–Crippen MR) is 121 cm³/mol. The monoisotopic (exact) mass is 565 g/mol. The quantitative estimate of drug-likeness (QED) is 0.265. The number of nitrogens with one attached hydrogen (secondary N) is 2. The van der Waals surface area contributed by atoms with E-state index >= 15 is 0 Å². The number of carbonyl (C=O) groups is 2. The number of carboxylic acid groups (broad SMARTS) is 1. The average Bonchev–Trinajstić information content (AvgIpc) is 2.82. The number of methoxy groups -OCH3 is 1. The summed E-state index contributed by atoms with van der Waals surface area (Å²) < 4.78 is 47.7. The standard InChI is InChI=1S/C24H22F3N3O7.2Na/c1-30-10-9-18(31)21(22(30)34)29-23(35)28-17(12-20(32)33)14-5-8-19(36-2)16(11-14)13-3-6-15(7-4-13)37-24(25,26)27;;/h3-11,17,31H,12H2,1-2H3,(H,32,33)(H2,28,29,35);;/q;2*+1/p-2/t17-;;/m0../s1. The zero-order valence-electron chi connectivity index (χ0n) is 21.4. The number of hydrogen-bond acceptors (Lipinski definition) is 7. The van der Waals surface area contributed by atoms with Crippen LogP contribution in [0.5, 0.6) is 17.2 Å². The van der Waals surface area contributed by atoms with Gasteiger partial charge in [0.1, 0.15) is 17.2 Å². The molecule has 1 heterocycles. The first-order chi connectivity index (χ1) is 17.4. The van der Waals surface area contributed by atoms with Crippen LogP contribution in [0, 0.1) is 0 Å². The van der Waals surface area contributed by atoms with E-state index in [4.69, 9.17) is 4.74 Å². The van der Waals surface area contributed by atoms with E-state index in [0.29, 0.717) is 16.9 Å². The normalized spacial score (nSPS) is 11.3. The molecule has 0 aliphatic heterocycles. The number of benzene rings is 2. The Kier molecular flexibility index (Phi) is 12.9. The summed E-state index contributed by atoms with van der Waals surface area (Å²) in [4.78, 5) is 36.1. The third kappa shape index (κ3) is 9.48. The number of carboxylic acids is 1. The number of anilines is 1. The van der Waals surface area contributed by atoms with E-state index in [2.05, 4.69) is 15.4 Å². The molecule has 3 rings (SSSR count). The first-order valence-corrected chi connectivity index (χ1v) is 10.6. The number of aryl methyl sites for hydroxylation is 1. The summed E-state index contributed by atoms with van der Waals surface area (Å²) in [6.07, 6.45) is -4.30. The van der Waals surface area contributed by atoms with Crippen molar-refractivity contribution >= 4 is 17.7 Å². The van der Waals surface area contributed by atoms with Crippen LogP contribution < -0.4 is 95.0 Å². The SMILES string of the molecule is COc1ccc([C@H](CC(=O)[O-])NC(=O)Nc2c([O-])ccn(C)c2=O)cc1-c1ccc(OC(F)(F)F)cc1.[Na+].[Na+]. The molecule has 2 aromatic carbocycles. The number of ether oxygens (including phenoxy) is 2. The molecule has 15 heteroatoms. The second kappa shape index (κ2) is 14.6. The van der Waals surface area contributed by atoms with Gasteiger partial charge in [-0.15, -0.1) is 13.2 Å². The molecular formula is C24H20F3N3Na2O7. The molecule has 0 bridgehead atoms. The Morgan fingerprint density at radius 2 is 1.72 bits per heavy atom. The molecule has 2 N–H and O–H groups in total. The van der Waals surface area contributed by atoms with Gasteiger partial charge in [0, 0.05) is 31.2 Å². The fraction of sp³-hybridized carbons (Fsp3) is 0.208. The summed E-state index contributed by atoms with van der Waals surface area (Å²) in [6, 6.07) is 8.20. The van der Waals surface area contributed by atoms with Crippen LogP contribution >= 0.6 is 0 Å². The number of pyridine rings is 1. The van der Waals surface area contributed by atoms with Crippen molar-refractivity contribution in [3.63, 3.8) is 0 Å². The van der Waals surface area contributed by atoms with E-state index < -0.39 is 53.6 Å². The zero-order chi connectivity index (χ0) is 27.3. The Balaban J connectivity index is 0.00000380. The molecule has 2 amide bonds. The Bertz CT molecular complexity index is 1370. The van der Waals surface area contributed by atoms with E-state index in [1.54, 1.807) is 0 Å². The van der Waals surface area contributed by atoms with Crippen molar-refractivity contribution in [1.82, 2.24) is 9.88 Å². The van der Waals surface area contributed by atoms with Crippen molar-refractivity contribution < 1.29 is 102 Å². The minimum Gasteiger partial charge on any atom is -0.871 e. The topological polar surface area (TPSA) is 145 Å². The molecule has 1 aromatic heterocycles. The molecule has 0 saturated heterocycles. The first kappa shape index (κ1) is 34.3. The molecule has 3 aromatic rings. The van der Waals surface area contributed by atoms with Gasteiger partial charge in [-0.3, -0.25) is 4.79 Å². The number of hydrogen-bond donors (Lipinski definition) is 2. The average molecular weight is 565 g/mol. The van der Waals surface area contributed by atoms with Crippen LogP contribution in [0.15, 0.2) is 59.5 Å². The molecule has 0 fully saturated rings. The Labute approximate surface area is 264 Å². The zero-order valence-corrected chi connectivity index (χ0v) is 25.4. The van der Waals surface area contributed by atoms with Gasteiger partial charge in [-0.2, -0.15) is 0 Å². The minimum atomic E-state index is -4.86. The maximum Gasteiger partial charge on any atom is 1.00 e. The second-order valence-corrected chi connectivity index (χ2v) is 7.73. The number of nitrogens with zero attached hydrogens (tertiary/aromatic N) is 1. The van der Waals surface area contributed by atoms with Gasteiger partial charge in [0.05, 0.1) is 13.2 Å². The number of halogens is 3. The minimum absolute atomic E-state index is 0. The summed E-state index contributed by atoms with van der Waals surface area (Å²) in [5.41, 5.74) is -0.222. The molecule has 0 aliphatic carbocycles. The maximum absolute atomic E-state index is 12.6. The van der Waals surface area contributed by atoms with Crippen LogP contribution in [0.2, 0.25) is 0 Å². The van der Waals surface area contributed by atoms with Crippen molar-refractivity contribution in [3.05, 3.63) is 70.6 Å². The molecule has 39 heavy (non-hydrogen) atoms. The van der Waals surface area contributed by atoms with Crippen molar-refractivity contribution in [2.24, 2.45) is 7.05 Å². The Hall–Kier alpha value is -2.68. The van der Waals surface area contributed by atoms with Crippen molar-refractivity contribution in [2.45, 2.75) is 18.8 Å². The Morgan fingerprint density at radius 3 is 2.28 bits per heavy atom. The maximum atomic E-state index is 12.6. The number of carbonyl (C=O) groups excluding carboxylic acids is 2. The van der Waals surface area contributed by atoms with Gasteiger partial charge in [-0.1, -0.05) is 30.0 Å². The van der Waals surface area contributed by atoms with E-state index in [1.807, 2.05) is 0 Å². The molecule has 1 atom stereocenters. The summed E-state index contributed by atoms with van der Waals surface area (Å²) in [6.45, 7) is 0. The third-order valence-corrected chi connectivity index (χ3v) is 5.17. The van der Waals surface area contributed by atoms with Crippen molar-refractivity contribution in [3.8, 4) is 28.4 Å². The molecule has 0 radical (unpaired) electrons. The van der Waals surface area contributed by atoms with Gasteiger partial charge in [0.15, 0.2) is 0 Å². The fourth-order valence-corrected chi connectivity index (χ4v) is 3.46.